The minimum atomic E-state index is -0.645. The van der Waals surface area contributed by atoms with Crippen LogP contribution in [0.1, 0.15) is 27.0 Å². The zero-order chi connectivity index (χ0) is 24.9. The van der Waals surface area contributed by atoms with Crippen molar-refractivity contribution in [3.05, 3.63) is 88.6 Å². The van der Waals surface area contributed by atoms with Crippen molar-refractivity contribution >= 4 is 23.9 Å². The number of nitrogens with zero attached hydrogens (tertiary/aromatic N) is 1. The first kappa shape index (κ1) is 23.6. The van der Waals surface area contributed by atoms with E-state index in [4.69, 9.17) is 23.7 Å². The van der Waals surface area contributed by atoms with Gasteiger partial charge in [0.1, 0.15) is 5.75 Å². The van der Waals surface area contributed by atoms with Gasteiger partial charge in [-0.05, 0) is 43.3 Å². The number of ether oxygens (including phenoxy) is 5. The Morgan fingerprint density at radius 3 is 2.17 bits per heavy atom. The van der Waals surface area contributed by atoms with Crippen LogP contribution in [-0.4, -0.2) is 39.2 Å². The van der Waals surface area contributed by atoms with Crippen molar-refractivity contribution in [2.24, 2.45) is 4.99 Å². The number of aliphatic imine (C=N–C) groups is 1. The van der Waals surface area contributed by atoms with Gasteiger partial charge in [-0.25, -0.2) is 14.6 Å². The van der Waals surface area contributed by atoms with Crippen LogP contribution in [0.4, 0.5) is 0 Å². The SMILES string of the molecule is COc1cc(C2=N/C(=C/c3ccccc3OC(=O)c3ccc(C)cc3)C(=O)O2)cc(OC)c1OC. The minimum Gasteiger partial charge on any atom is -0.493 e. The molecule has 8 nitrogen and oxygen atoms in total. The Bertz CT molecular complexity index is 1310. The summed E-state index contributed by atoms with van der Waals surface area (Å²) in [5.74, 6) is 0.408. The lowest BCUT2D eigenvalue weighted by Gasteiger charge is -2.13. The fraction of sp³-hybridized carbons (Fsp3) is 0.148. The number of carbonyl (C=O) groups is 2. The zero-order valence-corrected chi connectivity index (χ0v) is 19.7. The summed E-state index contributed by atoms with van der Waals surface area (Å²) in [7, 11) is 4.48. The van der Waals surface area contributed by atoms with Gasteiger partial charge in [0.2, 0.25) is 11.6 Å². The molecule has 1 aliphatic heterocycles. The van der Waals surface area contributed by atoms with Gasteiger partial charge in [-0.2, -0.15) is 0 Å². The first-order chi connectivity index (χ1) is 16.9. The number of hydrogen-bond acceptors (Lipinski definition) is 8. The number of cyclic esters (lactones) is 1. The van der Waals surface area contributed by atoms with Crippen LogP contribution in [0.3, 0.4) is 0 Å². The van der Waals surface area contributed by atoms with E-state index in [2.05, 4.69) is 4.99 Å². The molecule has 0 amide bonds. The van der Waals surface area contributed by atoms with Gasteiger partial charge in [-0.15, -0.1) is 0 Å². The first-order valence-electron chi connectivity index (χ1n) is 10.6. The summed E-state index contributed by atoms with van der Waals surface area (Å²) < 4.78 is 27.0. The van der Waals surface area contributed by atoms with Crippen molar-refractivity contribution in [2.45, 2.75) is 6.92 Å². The quantitative estimate of drug-likeness (QED) is 0.282. The van der Waals surface area contributed by atoms with Crippen LogP contribution in [0.15, 0.2) is 71.4 Å². The Kier molecular flexibility index (Phi) is 6.82. The van der Waals surface area contributed by atoms with Crippen LogP contribution in [0.25, 0.3) is 6.08 Å². The molecule has 0 atom stereocenters. The molecule has 0 aromatic heterocycles. The van der Waals surface area contributed by atoms with Gasteiger partial charge in [0, 0.05) is 11.1 Å². The third-order valence-electron chi connectivity index (χ3n) is 5.23. The molecule has 8 heteroatoms. The van der Waals surface area contributed by atoms with Crippen LogP contribution >= 0.6 is 0 Å². The summed E-state index contributed by atoms with van der Waals surface area (Å²) in [6, 6.07) is 17.2. The molecule has 0 unspecified atom stereocenters. The standard InChI is InChI=1S/C27H23NO7/c1-16-9-11-17(12-10-16)26(29)34-21-8-6-5-7-18(21)13-20-27(30)35-25(28-20)19-14-22(31-2)24(33-4)23(15-19)32-3/h5-15H,1-4H3/b20-13+. The van der Waals surface area contributed by atoms with Crippen LogP contribution in [0.2, 0.25) is 0 Å². The third-order valence-corrected chi connectivity index (χ3v) is 5.23. The number of rotatable bonds is 7. The Labute approximate surface area is 202 Å². The third kappa shape index (κ3) is 5.01. The summed E-state index contributed by atoms with van der Waals surface area (Å²) in [5.41, 5.74) is 2.46. The predicted octanol–water partition coefficient (Wildman–Crippen LogP) is 4.58. The van der Waals surface area contributed by atoms with Gasteiger partial charge in [0.05, 0.1) is 26.9 Å². The Balaban J connectivity index is 1.65. The van der Waals surface area contributed by atoms with E-state index in [1.54, 1.807) is 48.5 Å². The number of carbonyl (C=O) groups excluding carboxylic acids is 2. The van der Waals surface area contributed by atoms with Crippen LogP contribution in [-0.2, 0) is 9.53 Å². The van der Waals surface area contributed by atoms with E-state index in [1.807, 2.05) is 19.1 Å². The maximum Gasteiger partial charge on any atom is 0.363 e. The second-order valence-electron chi connectivity index (χ2n) is 7.54. The van der Waals surface area contributed by atoms with E-state index >= 15 is 0 Å². The van der Waals surface area contributed by atoms with Crippen molar-refractivity contribution in [1.82, 2.24) is 0 Å². The summed E-state index contributed by atoms with van der Waals surface area (Å²) in [5, 5.41) is 0. The summed E-state index contributed by atoms with van der Waals surface area (Å²) >= 11 is 0. The fourth-order valence-corrected chi connectivity index (χ4v) is 3.43. The molecule has 0 saturated carbocycles. The molecule has 4 rings (SSSR count). The highest BCUT2D eigenvalue weighted by Crippen LogP contribution is 2.39. The van der Waals surface area contributed by atoms with E-state index in [0.29, 0.717) is 33.9 Å². The molecule has 35 heavy (non-hydrogen) atoms. The van der Waals surface area contributed by atoms with Crippen LogP contribution < -0.4 is 18.9 Å². The highest BCUT2D eigenvalue weighted by Gasteiger charge is 2.27. The van der Waals surface area contributed by atoms with Gasteiger partial charge < -0.3 is 23.7 Å². The first-order valence-corrected chi connectivity index (χ1v) is 10.6. The molecule has 1 heterocycles. The van der Waals surface area contributed by atoms with Crippen molar-refractivity contribution in [3.63, 3.8) is 0 Å². The highest BCUT2D eigenvalue weighted by molar-refractivity contribution is 6.13. The summed E-state index contributed by atoms with van der Waals surface area (Å²) in [4.78, 5) is 29.5. The number of hydrogen-bond donors (Lipinski definition) is 0. The second kappa shape index (κ2) is 10.1. The molecule has 0 spiro atoms. The maximum atomic E-state index is 12.6. The average Bonchev–Trinajstić information content (AvgIpc) is 3.24. The Hall–Kier alpha value is -4.59. The van der Waals surface area contributed by atoms with Gasteiger partial charge in [-0.3, -0.25) is 0 Å². The van der Waals surface area contributed by atoms with Gasteiger partial charge in [0.15, 0.2) is 17.2 Å². The lowest BCUT2D eigenvalue weighted by atomic mass is 10.1. The van der Waals surface area contributed by atoms with Crippen LogP contribution in [0.5, 0.6) is 23.0 Å². The summed E-state index contributed by atoms with van der Waals surface area (Å²) in [6.07, 6.45) is 1.51. The number of methoxy groups -OCH3 is 3. The summed E-state index contributed by atoms with van der Waals surface area (Å²) in [6.45, 7) is 1.93. The molecule has 0 bridgehead atoms. The lowest BCUT2D eigenvalue weighted by Crippen LogP contribution is -2.09. The monoisotopic (exact) mass is 473 g/mol. The van der Waals surface area contributed by atoms with E-state index < -0.39 is 11.9 Å². The van der Waals surface area contributed by atoms with Gasteiger partial charge in [-0.1, -0.05) is 35.9 Å². The Morgan fingerprint density at radius 1 is 0.886 bits per heavy atom. The lowest BCUT2D eigenvalue weighted by molar-refractivity contribution is -0.129. The number of para-hydroxylation sites is 1. The maximum absolute atomic E-state index is 12.6. The largest absolute Gasteiger partial charge is 0.493 e. The topological polar surface area (TPSA) is 92.7 Å². The zero-order valence-electron chi connectivity index (χ0n) is 19.7. The van der Waals surface area contributed by atoms with Crippen molar-refractivity contribution < 1.29 is 33.3 Å². The van der Waals surface area contributed by atoms with Crippen molar-refractivity contribution in [1.29, 1.82) is 0 Å². The molecule has 0 aliphatic carbocycles. The molecule has 0 N–H and O–H groups in total. The highest BCUT2D eigenvalue weighted by atomic mass is 16.6. The average molecular weight is 473 g/mol. The van der Waals surface area contributed by atoms with Crippen molar-refractivity contribution in [3.8, 4) is 23.0 Å². The fourth-order valence-electron chi connectivity index (χ4n) is 3.43. The van der Waals surface area contributed by atoms with Gasteiger partial charge in [0.25, 0.3) is 0 Å². The Morgan fingerprint density at radius 2 is 1.54 bits per heavy atom. The molecule has 0 saturated heterocycles. The second-order valence-corrected chi connectivity index (χ2v) is 7.54. The molecule has 3 aromatic rings. The molecule has 178 valence electrons. The number of esters is 2. The molecular weight excluding hydrogens is 450 g/mol. The van der Waals surface area contributed by atoms with E-state index in [1.165, 1.54) is 27.4 Å². The smallest absolute Gasteiger partial charge is 0.363 e. The number of benzene rings is 3. The number of aryl methyl sites for hydroxylation is 1. The van der Waals surface area contributed by atoms with Crippen LogP contribution in [0, 0.1) is 6.92 Å². The van der Waals surface area contributed by atoms with E-state index in [9.17, 15) is 9.59 Å². The molecule has 0 radical (unpaired) electrons. The van der Waals surface area contributed by atoms with Gasteiger partial charge >= 0.3 is 11.9 Å². The molecule has 0 fully saturated rings. The molecule has 3 aromatic carbocycles. The predicted molar refractivity (Wildman–Crippen MR) is 129 cm³/mol. The minimum absolute atomic E-state index is 0.0487. The van der Waals surface area contributed by atoms with E-state index in [-0.39, 0.29) is 17.3 Å². The molecular formula is C27H23NO7. The van der Waals surface area contributed by atoms with E-state index in [0.717, 1.165) is 5.56 Å². The normalized spacial score (nSPS) is 13.8. The van der Waals surface area contributed by atoms with Crippen molar-refractivity contribution in [2.75, 3.05) is 21.3 Å². The molecule has 1 aliphatic rings.